The molecular formula is C25H26O7. The maximum absolute atomic E-state index is 12.8. The molecule has 1 aliphatic carbocycles. The van der Waals surface area contributed by atoms with Crippen molar-refractivity contribution in [2.75, 3.05) is 27.9 Å². The predicted octanol–water partition coefficient (Wildman–Crippen LogP) is 4.15. The first-order valence-electron chi connectivity index (χ1n) is 10.6. The first kappa shape index (κ1) is 20.5. The van der Waals surface area contributed by atoms with Crippen molar-refractivity contribution in [3.05, 3.63) is 52.1 Å². The van der Waals surface area contributed by atoms with Gasteiger partial charge in [-0.1, -0.05) is 6.92 Å². The number of hydrogen-bond donors (Lipinski definition) is 0. The molecular weight excluding hydrogens is 412 g/mol. The molecule has 2 aromatic rings. The standard InChI is InChI=1S/C25H26O7/c1-6-25(2)31-17-8-13-7-15-12-30-24(26)22(15)21(16(13)11-18(17)32-25)14-9-19(27-3)23(29-5)20(10-14)28-4/h8-11,21H,6-7,12H2,1-5H3/t21-,25?/m1/s1. The van der Waals surface area contributed by atoms with Gasteiger partial charge in [-0.15, -0.1) is 0 Å². The first-order valence-corrected chi connectivity index (χ1v) is 10.6. The van der Waals surface area contributed by atoms with E-state index in [4.69, 9.17) is 28.4 Å². The second-order valence-corrected chi connectivity index (χ2v) is 8.35. The summed E-state index contributed by atoms with van der Waals surface area (Å²) in [5, 5.41) is 0. The van der Waals surface area contributed by atoms with Crippen LogP contribution in [-0.4, -0.2) is 39.7 Å². The molecule has 2 aliphatic heterocycles. The minimum absolute atomic E-state index is 0.291. The Kier molecular flexibility index (Phi) is 4.73. The smallest absolute Gasteiger partial charge is 0.335 e. The van der Waals surface area contributed by atoms with Gasteiger partial charge in [0.25, 0.3) is 0 Å². The normalized spacial score (nSPS) is 22.9. The number of hydrogen-bond acceptors (Lipinski definition) is 7. The zero-order valence-corrected chi connectivity index (χ0v) is 18.9. The summed E-state index contributed by atoms with van der Waals surface area (Å²) in [5.41, 5.74) is 4.58. The summed E-state index contributed by atoms with van der Waals surface area (Å²) in [4.78, 5) is 12.8. The van der Waals surface area contributed by atoms with Crippen LogP contribution in [0.5, 0.6) is 28.7 Å². The predicted molar refractivity (Wildman–Crippen MR) is 116 cm³/mol. The van der Waals surface area contributed by atoms with E-state index in [2.05, 4.69) is 0 Å². The quantitative estimate of drug-likeness (QED) is 0.650. The van der Waals surface area contributed by atoms with E-state index in [0.29, 0.717) is 48.0 Å². The number of methoxy groups -OCH3 is 3. The Hall–Kier alpha value is -3.35. The molecule has 7 heteroatoms. The second-order valence-electron chi connectivity index (χ2n) is 8.35. The van der Waals surface area contributed by atoms with E-state index in [1.165, 1.54) is 0 Å². The highest BCUT2D eigenvalue weighted by Crippen LogP contribution is 2.51. The molecule has 0 saturated heterocycles. The summed E-state index contributed by atoms with van der Waals surface area (Å²) >= 11 is 0. The maximum Gasteiger partial charge on any atom is 0.335 e. The monoisotopic (exact) mass is 438 g/mol. The molecule has 3 aliphatic rings. The van der Waals surface area contributed by atoms with E-state index in [0.717, 1.165) is 28.0 Å². The fourth-order valence-corrected chi connectivity index (χ4v) is 4.75. The minimum atomic E-state index is -0.691. The highest BCUT2D eigenvalue weighted by atomic mass is 16.7. The lowest BCUT2D eigenvalue weighted by molar-refractivity contribution is -0.136. The lowest BCUT2D eigenvalue weighted by Gasteiger charge is -2.27. The van der Waals surface area contributed by atoms with Crippen molar-refractivity contribution in [1.29, 1.82) is 0 Å². The number of ether oxygens (including phenoxy) is 6. The lowest BCUT2D eigenvalue weighted by atomic mass is 9.75. The molecule has 0 saturated carbocycles. The SMILES string of the molecule is CCC1(C)Oc2cc3c(cc2O1)[C@@H](c1cc(OC)c(OC)c(OC)c1)C1=C(COC1=O)C3. The van der Waals surface area contributed by atoms with Gasteiger partial charge in [-0.2, -0.15) is 0 Å². The average Bonchev–Trinajstić information content (AvgIpc) is 3.33. The van der Waals surface area contributed by atoms with Crippen LogP contribution in [0.15, 0.2) is 35.4 Å². The van der Waals surface area contributed by atoms with E-state index >= 15 is 0 Å². The third-order valence-corrected chi connectivity index (χ3v) is 6.50. The molecule has 0 N–H and O–H groups in total. The molecule has 0 spiro atoms. The van der Waals surface area contributed by atoms with Gasteiger partial charge in [-0.05, 0) is 52.9 Å². The van der Waals surface area contributed by atoms with Crippen LogP contribution in [0.1, 0.15) is 42.9 Å². The third-order valence-electron chi connectivity index (χ3n) is 6.50. The molecule has 2 aromatic carbocycles. The molecule has 1 unspecified atom stereocenters. The van der Waals surface area contributed by atoms with E-state index in [9.17, 15) is 4.79 Å². The van der Waals surface area contributed by atoms with Gasteiger partial charge in [-0.25, -0.2) is 4.79 Å². The molecule has 32 heavy (non-hydrogen) atoms. The van der Waals surface area contributed by atoms with E-state index in [1.807, 2.05) is 38.1 Å². The molecule has 7 nitrogen and oxygen atoms in total. The molecule has 0 amide bonds. The Bertz CT molecular complexity index is 1120. The van der Waals surface area contributed by atoms with E-state index in [-0.39, 0.29) is 11.9 Å². The Morgan fingerprint density at radius 3 is 2.25 bits per heavy atom. The maximum atomic E-state index is 12.8. The molecule has 0 aromatic heterocycles. The lowest BCUT2D eigenvalue weighted by Crippen LogP contribution is -2.33. The number of benzene rings is 2. The van der Waals surface area contributed by atoms with Crippen molar-refractivity contribution in [2.24, 2.45) is 0 Å². The Morgan fingerprint density at radius 1 is 1.00 bits per heavy atom. The van der Waals surface area contributed by atoms with Crippen LogP contribution in [-0.2, 0) is 16.0 Å². The van der Waals surface area contributed by atoms with Crippen molar-refractivity contribution < 1.29 is 33.2 Å². The fourth-order valence-electron chi connectivity index (χ4n) is 4.75. The Balaban J connectivity index is 1.71. The van der Waals surface area contributed by atoms with Crippen LogP contribution in [0, 0.1) is 0 Å². The average molecular weight is 438 g/mol. The minimum Gasteiger partial charge on any atom is -0.493 e. The van der Waals surface area contributed by atoms with Crippen LogP contribution in [0.25, 0.3) is 0 Å². The molecule has 2 atom stereocenters. The van der Waals surface area contributed by atoms with Gasteiger partial charge >= 0.3 is 5.97 Å². The number of rotatable bonds is 5. The molecule has 168 valence electrons. The zero-order chi connectivity index (χ0) is 22.6. The second kappa shape index (κ2) is 7.36. The Labute approximate surface area is 186 Å². The van der Waals surface area contributed by atoms with Gasteiger partial charge in [0.05, 0.1) is 26.9 Å². The molecule has 5 rings (SSSR count). The van der Waals surface area contributed by atoms with Crippen LogP contribution >= 0.6 is 0 Å². The third kappa shape index (κ3) is 2.98. The largest absolute Gasteiger partial charge is 0.493 e. The van der Waals surface area contributed by atoms with Gasteiger partial charge in [-0.3, -0.25) is 0 Å². The highest BCUT2D eigenvalue weighted by molar-refractivity contribution is 5.95. The molecule has 0 bridgehead atoms. The summed E-state index contributed by atoms with van der Waals surface area (Å²) in [6.07, 6.45) is 1.35. The Morgan fingerprint density at radius 2 is 1.66 bits per heavy atom. The van der Waals surface area contributed by atoms with Crippen LogP contribution in [0.4, 0.5) is 0 Å². The van der Waals surface area contributed by atoms with Gasteiger partial charge in [0, 0.05) is 19.3 Å². The summed E-state index contributed by atoms with van der Waals surface area (Å²) < 4.78 is 34.3. The summed E-state index contributed by atoms with van der Waals surface area (Å²) in [5.74, 6) is 1.64. The van der Waals surface area contributed by atoms with Crippen LogP contribution < -0.4 is 23.7 Å². The van der Waals surface area contributed by atoms with Gasteiger partial charge in [0.1, 0.15) is 6.61 Å². The van der Waals surface area contributed by atoms with E-state index < -0.39 is 5.79 Å². The van der Waals surface area contributed by atoms with Gasteiger partial charge in [0.2, 0.25) is 11.5 Å². The summed E-state index contributed by atoms with van der Waals surface area (Å²) in [6.45, 7) is 4.25. The van der Waals surface area contributed by atoms with Gasteiger partial charge in [0.15, 0.2) is 23.0 Å². The highest BCUT2D eigenvalue weighted by Gasteiger charge is 2.42. The van der Waals surface area contributed by atoms with Crippen LogP contribution in [0.2, 0.25) is 0 Å². The summed E-state index contributed by atoms with van der Waals surface area (Å²) in [6, 6.07) is 7.80. The van der Waals surface area contributed by atoms with Crippen molar-refractivity contribution in [1.82, 2.24) is 0 Å². The first-order chi connectivity index (χ1) is 15.4. The number of fused-ring (bicyclic) bond motifs is 2. The van der Waals surface area contributed by atoms with Crippen LogP contribution in [0.3, 0.4) is 0 Å². The zero-order valence-electron chi connectivity index (χ0n) is 18.9. The van der Waals surface area contributed by atoms with Crippen molar-refractivity contribution >= 4 is 5.97 Å². The fraction of sp³-hybridized carbons (Fsp3) is 0.400. The number of carbonyl (C=O) groups excluding carboxylic acids is 1. The molecule has 0 radical (unpaired) electrons. The molecule has 2 heterocycles. The molecule has 0 fully saturated rings. The van der Waals surface area contributed by atoms with Crippen molar-refractivity contribution in [3.63, 3.8) is 0 Å². The van der Waals surface area contributed by atoms with Crippen molar-refractivity contribution in [2.45, 2.75) is 38.4 Å². The number of carbonyl (C=O) groups is 1. The number of esters is 1. The number of cyclic esters (lactones) is 1. The summed E-state index contributed by atoms with van der Waals surface area (Å²) in [7, 11) is 4.72. The van der Waals surface area contributed by atoms with E-state index in [1.54, 1.807) is 21.3 Å². The topological polar surface area (TPSA) is 72.5 Å². The van der Waals surface area contributed by atoms with Crippen molar-refractivity contribution in [3.8, 4) is 28.7 Å². The van der Waals surface area contributed by atoms with Gasteiger partial charge < -0.3 is 28.4 Å².